The molecule has 2 aliphatic rings. The highest BCUT2D eigenvalue weighted by molar-refractivity contribution is 6.04. The van der Waals surface area contributed by atoms with E-state index >= 15 is 0 Å². The second-order valence-electron chi connectivity index (χ2n) is 7.04. The summed E-state index contributed by atoms with van der Waals surface area (Å²) in [4.78, 5) is 15.3. The molecular formula is C18H25ClN4O. The van der Waals surface area contributed by atoms with Crippen molar-refractivity contribution in [2.24, 2.45) is 7.05 Å². The standard InChI is InChI=1S/C18H24N4O.ClH/c1-21-13-6-5-7-14(21)11-12(10-13)19-18(23)17-15-8-3-4-9-16(15)22(2)20-17;/h3-4,8-9,12-14H,5-7,10-11H2,1-2H3,(H,19,23);1H/t13-,14-;/m0./s1. The number of carbonyl (C=O) groups is 1. The Hall–Kier alpha value is -1.59. The predicted molar refractivity (Wildman–Crippen MR) is 97.6 cm³/mol. The van der Waals surface area contributed by atoms with Gasteiger partial charge in [0.25, 0.3) is 5.91 Å². The first kappa shape index (κ1) is 17.2. The molecule has 24 heavy (non-hydrogen) atoms. The summed E-state index contributed by atoms with van der Waals surface area (Å²) in [7, 11) is 4.12. The summed E-state index contributed by atoms with van der Waals surface area (Å²) in [5.41, 5.74) is 1.55. The molecule has 0 radical (unpaired) electrons. The van der Waals surface area contributed by atoms with E-state index in [1.165, 1.54) is 19.3 Å². The summed E-state index contributed by atoms with van der Waals surface area (Å²) in [5.74, 6) is -0.0329. The van der Waals surface area contributed by atoms with E-state index < -0.39 is 0 Å². The van der Waals surface area contributed by atoms with Gasteiger partial charge in [-0.25, -0.2) is 0 Å². The molecule has 3 heterocycles. The van der Waals surface area contributed by atoms with Crippen molar-refractivity contribution in [2.75, 3.05) is 7.05 Å². The third-order valence-electron chi connectivity index (χ3n) is 5.65. The molecule has 0 unspecified atom stereocenters. The van der Waals surface area contributed by atoms with Crippen LogP contribution in [0.25, 0.3) is 10.9 Å². The fourth-order valence-corrected chi connectivity index (χ4v) is 4.37. The van der Waals surface area contributed by atoms with Gasteiger partial charge in [0, 0.05) is 30.6 Å². The van der Waals surface area contributed by atoms with Gasteiger partial charge in [0.1, 0.15) is 0 Å². The molecule has 4 rings (SSSR count). The highest BCUT2D eigenvalue weighted by Crippen LogP contribution is 2.32. The lowest BCUT2D eigenvalue weighted by Gasteiger charge is -2.47. The topological polar surface area (TPSA) is 50.2 Å². The summed E-state index contributed by atoms with van der Waals surface area (Å²) in [6.45, 7) is 0. The number of aromatic nitrogens is 2. The maximum atomic E-state index is 12.7. The lowest BCUT2D eigenvalue weighted by molar-refractivity contribution is 0.0462. The smallest absolute Gasteiger partial charge is 0.272 e. The van der Waals surface area contributed by atoms with Crippen LogP contribution in [0.5, 0.6) is 0 Å². The van der Waals surface area contributed by atoms with E-state index in [0.717, 1.165) is 23.7 Å². The van der Waals surface area contributed by atoms with Gasteiger partial charge in [0.2, 0.25) is 0 Å². The molecule has 2 aliphatic heterocycles. The normalized spacial score (nSPS) is 26.8. The Labute approximate surface area is 148 Å². The number of fused-ring (bicyclic) bond motifs is 3. The first-order valence-electron chi connectivity index (χ1n) is 8.58. The maximum Gasteiger partial charge on any atom is 0.272 e. The van der Waals surface area contributed by atoms with E-state index in [9.17, 15) is 4.79 Å². The average molecular weight is 349 g/mol. The Bertz CT molecular complexity index is 730. The van der Waals surface area contributed by atoms with E-state index in [-0.39, 0.29) is 24.4 Å². The first-order valence-corrected chi connectivity index (χ1v) is 8.58. The van der Waals surface area contributed by atoms with E-state index in [1.54, 1.807) is 4.68 Å². The minimum Gasteiger partial charge on any atom is -0.348 e. The van der Waals surface area contributed by atoms with Gasteiger partial charge in [0.15, 0.2) is 5.69 Å². The molecule has 1 aromatic heterocycles. The number of carbonyl (C=O) groups excluding carboxylic acids is 1. The molecule has 130 valence electrons. The van der Waals surface area contributed by atoms with Gasteiger partial charge in [-0.1, -0.05) is 24.6 Å². The zero-order chi connectivity index (χ0) is 16.0. The molecule has 0 aliphatic carbocycles. The minimum absolute atomic E-state index is 0. The monoisotopic (exact) mass is 348 g/mol. The molecule has 2 fully saturated rings. The van der Waals surface area contributed by atoms with Crippen molar-refractivity contribution < 1.29 is 4.79 Å². The van der Waals surface area contributed by atoms with E-state index in [0.29, 0.717) is 17.8 Å². The molecule has 2 atom stereocenters. The summed E-state index contributed by atoms with van der Waals surface area (Å²) >= 11 is 0. The third kappa shape index (κ3) is 2.91. The van der Waals surface area contributed by atoms with Crippen LogP contribution in [0.3, 0.4) is 0 Å². The Morgan fingerprint density at radius 3 is 2.54 bits per heavy atom. The number of halogens is 1. The van der Waals surface area contributed by atoms with Crippen molar-refractivity contribution in [3.63, 3.8) is 0 Å². The highest BCUT2D eigenvalue weighted by Gasteiger charge is 2.36. The SMILES string of the molecule is CN1[C@H]2CCC[C@H]1CC(NC(=O)c1nn(C)c3ccccc13)C2.Cl. The number of amides is 1. The number of rotatable bonds is 2. The lowest BCUT2D eigenvalue weighted by Crippen LogP contribution is -2.55. The lowest BCUT2D eigenvalue weighted by atomic mass is 9.82. The van der Waals surface area contributed by atoms with Crippen molar-refractivity contribution in [3.05, 3.63) is 30.0 Å². The van der Waals surface area contributed by atoms with Crippen molar-refractivity contribution in [1.29, 1.82) is 0 Å². The van der Waals surface area contributed by atoms with Crippen LogP contribution in [-0.2, 0) is 7.05 Å². The molecule has 6 heteroatoms. The summed E-state index contributed by atoms with van der Waals surface area (Å²) in [6, 6.07) is 9.42. The van der Waals surface area contributed by atoms with Gasteiger partial charge in [-0.05, 0) is 38.8 Å². The number of nitrogens with zero attached hydrogens (tertiary/aromatic N) is 3. The van der Waals surface area contributed by atoms with E-state index in [2.05, 4.69) is 22.4 Å². The van der Waals surface area contributed by atoms with Crippen molar-refractivity contribution in [1.82, 2.24) is 20.0 Å². The largest absolute Gasteiger partial charge is 0.348 e. The Morgan fingerprint density at radius 1 is 1.17 bits per heavy atom. The number of hydrogen-bond acceptors (Lipinski definition) is 3. The Balaban J connectivity index is 0.00000169. The van der Waals surface area contributed by atoms with Crippen LogP contribution in [0, 0.1) is 0 Å². The molecule has 1 amide bonds. The molecule has 2 saturated heterocycles. The fraction of sp³-hybridized carbons (Fsp3) is 0.556. The maximum absolute atomic E-state index is 12.7. The quantitative estimate of drug-likeness (QED) is 0.907. The molecule has 0 spiro atoms. The number of benzene rings is 1. The zero-order valence-electron chi connectivity index (χ0n) is 14.2. The van der Waals surface area contributed by atoms with Crippen molar-refractivity contribution in [2.45, 2.75) is 50.2 Å². The van der Waals surface area contributed by atoms with Gasteiger partial charge in [-0.3, -0.25) is 9.48 Å². The second-order valence-corrected chi connectivity index (χ2v) is 7.04. The number of piperidine rings is 2. The molecule has 2 bridgehead atoms. The number of hydrogen-bond donors (Lipinski definition) is 1. The predicted octanol–water partition coefficient (Wildman–Crippen LogP) is 2.74. The number of para-hydroxylation sites is 1. The van der Waals surface area contributed by atoms with Crippen molar-refractivity contribution in [3.8, 4) is 0 Å². The van der Waals surface area contributed by atoms with Crippen LogP contribution in [0.2, 0.25) is 0 Å². The van der Waals surface area contributed by atoms with Crippen LogP contribution in [0.15, 0.2) is 24.3 Å². The Morgan fingerprint density at radius 2 is 1.83 bits per heavy atom. The third-order valence-corrected chi connectivity index (χ3v) is 5.65. The molecule has 0 saturated carbocycles. The van der Waals surface area contributed by atoms with Crippen LogP contribution in [-0.4, -0.2) is 45.8 Å². The van der Waals surface area contributed by atoms with Crippen LogP contribution in [0.1, 0.15) is 42.6 Å². The van der Waals surface area contributed by atoms with E-state index in [1.807, 2.05) is 31.3 Å². The van der Waals surface area contributed by atoms with Gasteiger partial charge in [0.05, 0.1) is 5.52 Å². The molecule has 1 N–H and O–H groups in total. The van der Waals surface area contributed by atoms with E-state index in [4.69, 9.17) is 0 Å². The molecule has 1 aromatic carbocycles. The molecular weight excluding hydrogens is 324 g/mol. The second kappa shape index (κ2) is 6.73. The summed E-state index contributed by atoms with van der Waals surface area (Å²) < 4.78 is 1.79. The zero-order valence-corrected chi connectivity index (χ0v) is 15.1. The molecule has 5 nitrogen and oxygen atoms in total. The summed E-state index contributed by atoms with van der Waals surface area (Å²) in [5, 5.41) is 8.62. The first-order chi connectivity index (χ1) is 11.1. The van der Waals surface area contributed by atoms with Gasteiger partial charge in [-0.15, -0.1) is 12.4 Å². The van der Waals surface area contributed by atoms with Crippen LogP contribution >= 0.6 is 12.4 Å². The number of nitrogens with one attached hydrogen (secondary N) is 1. The average Bonchev–Trinajstić information content (AvgIpc) is 2.86. The highest BCUT2D eigenvalue weighted by atomic mass is 35.5. The summed E-state index contributed by atoms with van der Waals surface area (Å²) in [6.07, 6.45) is 5.95. The Kier molecular flexibility index (Phi) is 4.83. The minimum atomic E-state index is -0.0329. The van der Waals surface area contributed by atoms with Crippen LogP contribution < -0.4 is 5.32 Å². The van der Waals surface area contributed by atoms with Gasteiger partial charge in [-0.2, -0.15) is 5.10 Å². The van der Waals surface area contributed by atoms with Crippen LogP contribution in [0.4, 0.5) is 0 Å². The number of aryl methyl sites for hydroxylation is 1. The fourth-order valence-electron chi connectivity index (χ4n) is 4.37. The van der Waals surface area contributed by atoms with Gasteiger partial charge >= 0.3 is 0 Å². The van der Waals surface area contributed by atoms with Crippen molar-refractivity contribution >= 4 is 29.2 Å². The van der Waals surface area contributed by atoms with Gasteiger partial charge < -0.3 is 10.2 Å². The molecule has 2 aromatic rings.